The molecule has 0 saturated carbocycles. The van der Waals surface area contributed by atoms with Crippen molar-refractivity contribution in [3.63, 3.8) is 0 Å². The van der Waals surface area contributed by atoms with Gasteiger partial charge >= 0.3 is 0 Å². The van der Waals surface area contributed by atoms with E-state index in [9.17, 15) is 4.79 Å². The fourth-order valence-electron chi connectivity index (χ4n) is 3.20. The molecule has 0 N–H and O–H groups in total. The molecule has 0 radical (unpaired) electrons. The molecule has 1 fully saturated rings. The Morgan fingerprint density at radius 1 is 1.21 bits per heavy atom. The molecule has 4 heteroatoms. The van der Waals surface area contributed by atoms with E-state index < -0.39 is 0 Å². The SMILES string of the molecule is CN1CCC(N(C)C(=O)c2cccc(-c3cccc(C#N)c3)c2)C1. The van der Waals surface area contributed by atoms with E-state index in [1.165, 1.54) is 0 Å². The van der Waals surface area contributed by atoms with E-state index >= 15 is 0 Å². The number of hydrogen-bond donors (Lipinski definition) is 0. The maximum Gasteiger partial charge on any atom is 0.253 e. The minimum atomic E-state index is 0.0496. The predicted molar refractivity (Wildman–Crippen MR) is 94.6 cm³/mol. The molecule has 1 saturated heterocycles. The van der Waals surface area contributed by atoms with Crippen LogP contribution < -0.4 is 0 Å². The van der Waals surface area contributed by atoms with Crippen LogP contribution in [-0.2, 0) is 0 Å². The van der Waals surface area contributed by atoms with E-state index in [1.807, 2.05) is 54.4 Å². The van der Waals surface area contributed by atoms with Gasteiger partial charge < -0.3 is 9.80 Å². The Morgan fingerprint density at radius 3 is 2.58 bits per heavy atom. The standard InChI is InChI=1S/C20H21N3O/c1-22-10-9-19(14-22)23(2)20(24)18-8-4-7-17(12-18)16-6-3-5-15(11-16)13-21/h3-8,11-12,19H,9-10,14H2,1-2H3. The van der Waals surface area contributed by atoms with Crippen molar-refractivity contribution in [3.8, 4) is 17.2 Å². The highest BCUT2D eigenvalue weighted by atomic mass is 16.2. The van der Waals surface area contributed by atoms with Gasteiger partial charge in [0.25, 0.3) is 5.91 Å². The third kappa shape index (κ3) is 3.32. The van der Waals surface area contributed by atoms with Crippen molar-refractivity contribution < 1.29 is 4.79 Å². The van der Waals surface area contributed by atoms with E-state index in [1.54, 1.807) is 6.07 Å². The van der Waals surface area contributed by atoms with Gasteiger partial charge in [-0.05, 0) is 55.4 Å². The van der Waals surface area contributed by atoms with Crippen LogP contribution in [-0.4, -0.2) is 48.9 Å². The fourth-order valence-corrected chi connectivity index (χ4v) is 3.20. The lowest BCUT2D eigenvalue weighted by molar-refractivity contribution is 0.0737. The van der Waals surface area contributed by atoms with Crippen molar-refractivity contribution in [1.29, 1.82) is 5.26 Å². The van der Waals surface area contributed by atoms with Gasteiger partial charge in [0.15, 0.2) is 0 Å². The Labute approximate surface area is 142 Å². The van der Waals surface area contributed by atoms with Gasteiger partial charge in [0.1, 0.15) is 0 Å². The van der Waals surface area contributed by atoms with E-state index in [0.717, 1.165) is 30.6 Å². The molecule has 3 rings (SSSR count). The molecule has 1 atom stereocenters. The van der Waals surface area contributed by atoms with Gasteiger partial charge in [-0.3, -0.25) is 4.79 Å². The van der Waals surface area contributed by atoms with Gasteiger partial charge in [0.05, 0.1) is 11.6 Å². The average Bonchev–Trinajstić information content (AvgIpc) is 3.07. The zero-order chi connectivity index (χ0) is 17.1. The Balaban J connectivity index is 1.84. The molecule has 0 aliphatic carbocycles. The lowest BCUT2D eigenvalue weighted by Crippen LogP contribution is -2.38. The number of nitriles is 1. The molecule has 24 heavy (non-hydrogen) atoms. The molecule has 122 valence electrons. The second-order valence-corrected chi connectivity index (χ2v) is 6.39. The van der Waals surface area contributed by atoms with Crippen LogP contribution in [0, 0.1) is 11.3 Å². The summed E-state index contributed by atoms with van der Waals surface area (Å²) in [6.45, 7) is 1.95. The van der Waals surface area contributed by atoms with Crippen LogP contribution in [0.4, 0.5) is 0 Å². The summed E-state index contributed by atoms with van der Waals surface area (Å²) in [4.78, 5) is 16.9. The first-order valence-electron chi connectivity index (χ1n) is 8.15. The maximum atomic E-state index is 12.8. The molecule has 2 aromatic carbocycles. The summed E-state index contributed by atoms with van der Waals surface area (Å²) in [6, 6.07) is 17.5. The van der Waals surface area contributed by atoms with Crippen molar-refractivity contribution in [2.45, 2.75) is 12.5 Å². The monoisotopic (exact) mass is 319 g/mol. The van der Waals surface area contributed by atoms with Crippen molar-refractivity contribution in [2.24, 2.45) is 0 Å². The molecule has 4 nitrogen and oxygen atoms in total. The average molecular weight is 319 g/mol. The van der Waals surface area contributed by atoms with E-state index in [-0.39, 0.29) is 11.9 Å². The molecule has 0 aromatic heterocycles. The number of likely N-dealkylation sites (tertiary alicyclic amines) is 1. The molecule has 1 aliphatic rings. The number of carbonyl (C=O) groups is 1. The first-order chi connectivity index (χ1) is 11.6. The minimum absolute atomic E-state index is 0.0496. The molecule has 1 amide bonds. The van der Waals surface area contributed by atoms with Crippen molar-refractivity contribution in [3.05, 3.63) is 59.7 Å². The first kappa shape index (κ1) is 16.2. The summed E-state index contributed by atoms with van der Waals surface area (Å²) >= 11 is 0. The van der Waals surface area contributed by atoms with E-state index in [2.05, 4.69) is 18.0 Å². The third-order valence-corrected chi connectivity index (χ3v) is 4.67. The predicted octanol–water partition coefficient (Wildman–Crippen LogP) is 3.00. The summed E-state index contributed by atoms with van der Waals surface area (Å²) in [5, 5.41) is 9.05. The Morgan fingerprint density at radius 2 is 1.92 bits per heavy atom. The molecular formula is C20H21N3O. The van der Waals surface area contributed by atoms with Crippen LogP contribution in [0.2, 0.25) is 0 Å². The first-order valence-corrected chi connectivity index (χ1v) is 8.15. The molecule has 0 spiro atoms. The maximum absolute atomic E-state index is 12.8. The molecular weight excluding hydrogens is 298 g/mol. The van der Waals surface area contributed by atoms with Gasteiger partial charge in [0.2, 0.25) is 0 Å². The summed E-state index contributed by atoms with van der Waals surface area (Å²) in [6.07, 6.45) is 1.02. The highest BCUT2D eigenvalue weighted by Gasteiger charge is 2.27. The summed E-state index contributed by atoms with van der Waals surface area (Å²) in [5.74, 6) is 0.0496. The molecule has 1 heterocycles. The Kier molecular flexibility index (Phi) is 4.64. The zero-order valence-electron chi connectivity index (χ0n) is 14.1. The smallest absolute Gasteiger partial charge is 0.253 e. The zero-order valence-corrected chi connectivity index (χ0v) is 14.1. The highest BCUT2D eigenvalue weighted by Crippen LogP contribution is 2.23. The molecule has 0 bridgehead atoms. The molecule has 1 aliphatic heterocycles. The summed E-state index contributed by atoms with van der Waals surface area (Å²) < 4.78 is 0. The Bertz CT molecular complexity index is 793. The number of amides is 1. The van der Waals surface area contributed by atoms with Gasteiger partial charge in [0, 0.05) is 25.2 Å². The van der Waals surface area contributed by atoms with Crippen LogP contribution >= 0.6 is 0 Å². The summed E-state index contributed by atoms with van der Waals surface area (Å²) in [7, 11) is 3.97. The van der Waals surface area contributed by atoms with Crippen LogP contribution in [0.3, 0.4) is 0 Å². The lowest BCUT2D eigenvalue weighted by atomic mass is 10.0. The van der Waals surface area contributed by atoms with Gasteiger partial charge in [-0.25, -0.2) is 0 Å². The fraction of sp³-hybridized carbons (Fsp3) is 0.300. The third-order valence-electron chi connectivity index (χ3n) is 4.67. The quantitative estimate of drug-likeness (QED) is 0.874. The Hall–Kier alpha value is -2.64. The van der Waals surface area contributed by atoms with Crippen LogP contribution in [0.1, 0.15) is 22.3 Å². The highest BCUT2D eigenvalue weighted by molar-refractivity contribution is 5.95. The topological polar surface area (TPSA) is 47.3 Å². The molecule has 2 aromatic rings. The van der Waals surface area contributed by atoms with Crippen LogP contribution in [0.25, 0.3) is 11.1 Å². The minimum Gasteiger partial charge on any atom is -0.337 e. The van der Waals surface area contributed by atoms with Crippen molar-refractivity contribution >= 4 is 5.91 Å². The largest absolute Gasteiger partial charge is 0.337 e. The number of nitrogens with zero attached hydrogens (tertiary/aromatic N) is 3. The van der Waals surface area contributed by atoms with Crippen LogP contribution in [0.5, 0.6) is 0 Å². The van der Waals surface area contributed by atoms with Crippen molar-refractivity contribution in [1.82, 2.24) is 9.80 Å². The van der Waals surface area contributed by atoms with Crippen molar-refractivity contribution in [2.75, 3.05) is 27.2 Å². The van der Waals surface area contributed by atoms with Gasteiger partial charge in [-0.15, -0.1) is 0 Å². The van der Waals surface area contributed by atoms with E-state index in [4.69, 9.17) is 5.26 Å². The van der Waals surface area contributed by atoms with Crippen LogP contribution in [0.15, 0.2) is 48.5 Å². The number of benzene rings is 2. The van der Waals surface area contributed by atoms with Gasteiger partial charge in [-0.2, -0.15) is 5.26 Å². The van der Waals surface area contributed by atoms with E-state index in [0.29, 0.717) is 11.1 Å². The molecule has 1 unspecified atom stereocenters. The second kappa shape index (κ2) is 6.86. The second-order valence-electron chi connectivity index (χ2n) is 6.39. The summed E-state index contributed by atoms with van der Waals surface area (Å²) in [5.41, 5.74) is 3.21. The number of rotatable bonds is 3. The lowest BCUT2D eigenvalue weighted by Gasteiger charge is -2.24. The number of carbonyl (C=O) groups excluding carboxylic acids is 1. The van der Waals surface area contributed by atoms with Gasteiger partial charge in [-0.1, -0.05) is 24.3 Å². The normalized spacial score (nSPS) is 17.5. The number of likely N-dealkylation sites (N-methyl/N-ethyl adjacent to an activating group) is 2. The number of hydrogen-bond acceptors (Lipinski definition) is 3.